The second-order valence-electron chi connectivity index (χ2n) is 5.61. The molecule has 1 aliphatic rings. The highest BCUT2D eigenvalue weighted by Crippen LogP contribution is 2.38. The van der Waals surface area contributed by atoms with Gasteiger partial charge in [0.15, 0.2) is 5.78 Å². The molecule has 0 saturated carbocycles. The number of fused-ring (bicyclic) bond motifs is 1. The number of nitrogens with zero attached hydrogens (tertiary/aromatic N) is 3. The van der Waals surface area contributed by atoms with Gasteiger partial charge in [-0.3, -0.25) is 4.79 Å². The Labute approximate surface area is 148 Å². The number of rotatable bonds is 3. The van der Waals surface area contributed by atoms with Crippen LogP contribution >= 0.6 is 15.9 Å². The molecule has 2 aromatic carbocycles. The first kappa shape index (κ1) is 15.0. The van der Waals surface area contributed by atoms with E-state index < -0.39 is 0 Å². The van der Waals surface area contributed by atoms with Crippen molar-refractivity contribution in [2.45, 2.75) is 6.42 Å². The highest BCUT2D eigenvalue weighted by atomic mass is 79.9. The van der Waals surface area contributed by atoms with E-state index in [2.05, 4.69) is 32.0 Å². The van der Waals surface area contributed by atoms with E-state index in [-0.39, 0.29) is 5.78 Å². The standard InChI is InChI=1S/C19H14BrN3O/c20-15-11-14-7-10-23(19-21-8-4-9-22-19)17(14)16(12-15)18(24)13-5-2-1-3-6-13/h1-6,8-9,11-12H,7,10H2. The van der Waals surface area contributed by atoms with Gasteiger partial charge < -0.3 is 4.90 Å². The third-order valence-electron chi connectivity index (χ3n) is 4.10. The van der Waals surface area contributed by atoms with Crippen LogP contribution in [-0.4, -0.2) is 22.3 Å². The Morgan fingerprint density at radius 3 is 2.54 bits per heavy atom. The molecule has 5 heteroatoms. The van der Waals surface area contributed by atoms with Crippen molar-refractivity contribution in [1.82, 2.24) is 9.97 Å². The lowest BCUT2D eigenvalue weighted by Crippen LogP contribution is -2.18. The van der Waals surface area contributed by atoms with Gasteiger partial charge in [-0.2, -0.15) is 0 Å². The number of halogens is 1. The summed E-state index contributed by atoms with van der Waals surface area (Å²) in [6.07, 6.45) is 4.30. The highest BCUT2D eigenvalue weighted by Gasteiger charge is 2.28. The number of benzene rings is 2. The molecular formula is C19H14BrN3O. The van der Waals surface area contributed by atoms with Crippen molar-refractivity contribution < 1.29 is 4.79 Å². The SMILES string of the molecule is O=C(c1ccccc1)c1cc(Br)cc2c1N(c1ncccn1)CC2. The van der Waals surface area contributed by atoms with E-state index in [9.17, 15) is 4.79 Å². The third-order valence-corrected chi connectivity index (χ3v) is 4.56. The first-order valence-electron chi connectivity index (χ1n) is 7.71. The van der Waals surface area contributed by atoms with Crippen LogP contribution in [0, 0.1) is 0 Å². The van der Waals surface area contributed by atoms with Gasteiger partial charge in [0.05, 0.1) is 5.69 Å². The number of hydrogen-bond donors (Lipinski definition) is 0. The number of hydrogen-bond acceptors (Lipinski definition) is 4. The quantitative estimate of drug-likeness (QED) is 0.640. The average molecular weight is 380 g/mol. The smallest absolute Gasteiger partial charge is 0.229 e. The molecule has 1 aromatic heterocycles. The van der Waals surface area contributed by atoms with Crippen molar-refractivity contribution in [1.29, 1.82) is 0 Å². The molecule has 118 valence electrons. The minimum atomic E-state index is 0.0102. The Hall–Kier alpha value is -2.53. The van der Waals surface area contributed by atoms with Gasteiger partial charge in [0.2, 0.25) is 5.95 Å². The molecular weight excluding hydrogens is 366 g/mol. The molecule has 0 saturated heterocycles. The second-order valence-corrected chi connectivity index (χ2v) is 6.52. The Balaban J connectivity index is 1.86. The molecule has 2 heterocycles. The number of carbonyl (C=O) groups is 1. The Bertz CT molecular complexity index is 897. The van der Waals surface area contributed by atoms with Crippen molar-refractivity contribution in [3.63, 3.8) is 0 Å². The molecule has 0 N–H and O–H groups in total. The van der Waals surface area contributed by atoms with Gasteiger partial charge in [-0.15, -0.1) is 0 Å². The van der Waals surface area contributed by atoms with Crippen molar-refractivity contribution in [3.05, 3.63) is 82.1 Å². The van der Waals surface area contributed by atoms with Crippen LogP contribution in [0.2, 0.25) is 0 Å². The van der Waals surface area contributed by atoms with Crippen LogP contribution in [0.1, 0.15) is 21.5 Å². The highest BCUT2D eigenvalue weighted by molar-refractivity contribution is 9.10. The molecule has 0 unspecified atom stereocenters. The van der Waals surface area contributed by atoms with E-state index in [0.717, 1.165) is 28.7 Å². The molecule has 4 nitrogen and oxygen atoms in total. The number of ketones is 1. The summed E-state index contributed by atoms with van der Waals surface area (Å²) in [5.74, 6) is 0.636. The summed E-state index contributed by atoms with van der Waals surface area (Å²) in [6.45, 7) is 0.769. The van der Waals surface area contributed by atoms with Crippen LogP contribution in [0.25, 0.3) is 0 Å². The zero-order valence-electron chi connectivity index (χ0n) is 12.8. The van der Waals surface area contributed by atoms with E-state index in [1.807, 2.05) is 41.3 Å². The van der Waals surface area contributed by atoms with Crippen molar-refractivity contribution in [2.75, 3.05) is 11.4 Å². The Kier molecular flexibility index (Phi) is 3.86. The summed E-state index contributed by atoms with van der Waals surface area (Å²) in [6, 6.07) is 15.1. The maximum Gasteiger partial charge on any atom is 0.229 e. The Morgan fingerprint density at radius 1 is 1.04 bits per heavy atom. The van der Waals surface area contributed by atoms with Crippen molar-refractivity contribution in [2.24, 2.45) is 0 Å². The predicted molar refractivity (Wildman–Crippen MR) is 96.8 cm³/mol. The van der Waals surface area contributed by atoms with Crippen LogP contribution in [0.5, 0.6) is 0 Å². The summed E-state index contributed by atoms with van der Waals surface area (Å²) >= 11 is 3.53. The monoisotopic (exact) mass is 379 g/mol. The normalized spacial score (nSPS) is 13.0. The lowest BCUT2D eigenvalue weighted by Gasteiger charge is -2.20. The number of aromatic nitrogens is 2. The van der Waals surface area contributed by atoms with Gasteiger partial charge in [-0.25, -0.2) is 9.97 Å². The molecule has 4 rings (SSSR count). The maximum absolute atomic E-state index is 13.0. The summed E-state index contributed by atoms with van der Waals surface area (Å²) in [7, 11) is 0. The second kappa shape index (κ2) is 6.17. The average Bonchev–Trinajstić information content (AvgIpc) is 3.05. The molecule has 24 heavy (non-hydrogen) atoms. The zero-order valence-corrected chi connectivity index (χ0v) is 14.4. The van der Waals surface area contributed by atoms with Crippen LogP contribution in [0.15, 0.2) is 65.4 Å². The van der Waals surface area contributed by atoms with Gasteiger partial charge in [-0.05, 0) is 30.2 Å². The summed E-state index contributed by atoms with van der Waals surface area (Å²) in [4.78, 5) is 23.8. The fourth-order valence-electron chi connectivity index (χ4n) is 3.06. The summed E-state index contributed by atoms with van der Waals surface area (Å²) < 4.78 is 0.913. The zero-order chi connectivity index (χ0) is 16.5. The van der Waals surface area contributed by atoms with Gasteiger partial charge in [-0.1, -0.05) is 46.3 Å². The van der Waals surface area contributed by atoms with Gasteiger partial charge in [0.1, 0.15) is 0 Å². The summed E-state index contributed by atoms with van der Waals surface area (Å²) in [5, 5.41) is 0. The van der Waals surface area contributed by atoms with Crippen LogP contribution in [0.4, 0.5) is 11.6 Å². The Morgan fingerprint density at radius 2 is 1.79 bits per heavy atom. The number of anilines is 2. The molecule has 0 radical (unpaired) electrons. The molecule has 1 aliphatic heterocycles. The van der Waals surface area contributed by atoms with E-state index in [1.54, 1.807) is 18.5 Å². The lowest BCUT2D eigenvalue weighted by atomic mass is 9.99. The minimum Gasteiger partial charge on any atom is -0.309 e. The molecule has 0 bridgehead atoms. The number of carbonyl (C=O) groups excluding carboxylic acids is 1. The van der Waals surface area contributed by atoms with E-state index in [4.69, 9.17) is 0 Å². The fourth-order valence-corrected chi connectivity index (χ4v) is 3.56. The molecule has 0 aliphatic carbocycles. The fraction of sp³-hybridized carbons (Fsp3) is 0.105. The van der Waals surface area contributed by atoms with Crippen LogP contribution in [0.3, 0.4) is 0 Å². The maximum atomic E-state index is 13.0. The van der Waals surface area contributed by atoms with E-state index in [1.165, 1.54) is 0 Å². The molecule has 0 amide bonds. The van der Waals surface area contributed by atoms with E-state index >= 15 is 0 Å². The minimum absolute atomic E-state index is 0.0102. The lowest BCUT2D eigenvalue weighted by molar-refractivity contribution is 0.103. The van der Waals surface area contributed by atoms with Gasteiger partial charge in [0.25, 0.3) is 0 Å². The topological polar surface area (TPSA) is 46.1 Å². The third kappa shape index (κ3) is 2.61. The molecule has 0 fully saturated rings. The van der Waals surface area contributed by atoms with Crippen LogP contribution in [-0.2, 0) is 6.42 Å². The molecule has 0 spiro atoms. The first-order chi connectivity index (χ1) is 11.7. The largest absolute Gasteiger partial charge is 0.309 e. The van der Waals surface area contributed by atoms with Crippen LogP contribution < -0.4 is 4.90 Å². The van der Waals surface area contributed by atoms with Gasteiger partial charge in [0, 0.05) is 34.5 Å². The van der Waals surface area contributed by atoms with Gasteiger partial charge >= 0.3 is 0 Å². The van der Waals surface area contributed by atoms with Crippen molar-refractivity contribution in [3.8, 4) is 0 Å². The van der Waals surface area contributed by atoms with E-state index in [0.29, 0.717) is 17.1 Å². The first-order valence-corrected chi connectivity index (χ1v) is 8.50. The molecule has 0 atom stereocenters. The molecule has 3 aromatic rings. The predicted octanol–water partition coefficient (Wildman–Crippen LogP) is 4.16. The van der Waals surface area contributed by atoms with Crippen molar-refractivity contribution >= 4 is 33.3 Å². The summed E-state index contributed by atoms with van der Waals surface area (Å²) in [5.41, 5.74) is 3.41.